The monoisotopic (exact) mass is 413 g/mol. The van der Waals surface area contributed by atoms with E-state index in [1.165, 1.54) is 50.3 Å². The Morgan fingerprint density at radius 3 is 2.48 bits per heavy atom. The third-order valence-electron chi connectivity index (χ3n) is 5.83. The van der Waals surface area contributed by atoms with Crippen molar-refractivity contribution in [2.75, 3.05) is 18.8 Å². The van der Waals surface area contributed by atoms with Crippen molar-refractivity contribution in [3.8, 4) is 5.69 Å². The van der Waals surface area contributed by atoms with E-state index in [0.29, 0.717) is 11.8 Å². The van der Waals surface area contributed by atoms with Gasteiger partial charge in [0, 0.05) is 11.7 Å². The first-order chi connectivity index (χ1) is 14.3. The summed E-state index contributed by atoms with van der Waals surface area (Å²) in [4.78, 5) is 14.9. The fraction of sp³-hybridized carbons (Fsp3) is 0.591. The summed E-state index contributed by atoms with van der Waals surface area (Å²) >= 11 is 1.48. The Labute approximate surface area is 177 Å². The van der Waals surface area contributed by atoms with Gasteiger partial charge in [0.15, 0.2) is 11.0 Å². The van der Waals surface area contributed by atoms with Crippen molar-refractivity contribution in [1.29, 1.82) is 0 Å². The number of hydrogen-bond donors (Lipinski definition) is 1. The average molecular weight is 414 g/mol. The summed E-state index contributed by atoms with van der Waals surface area (Å²) in [5.74, 6) is 1.43. The molecule has 1 aromatic carbocycles. The Balaban J connectivity index is 1.44. The van der Waals surface area contributed by atoms with E-state index in [9.17, 15) is 4.79 Å². The molecule has 1 amide bonds. The van der Waals surface area contributed by atoms with Crippen molar-refractivity contribution in [3.05, 3.63) is 36.2 Å². The van der Waals surface area contributed by atoms with E-state index in [1.54, 1.807) is 0 Å². The maximum absolute atomic E-state index is 12.5. The topological polar surface area (TPSA) is 63.1 Å². The third kappa shape index (κ3) is 5.60. The summed E-state index contributed by atoms with van der Waals surface area (Å²) in [5, 5.41) is 12.9. The molecule has 1 saturated carbocycles. The van der Waals surface area contributed by atoms with Crippen molar-refractivity contribution in [3.63, 3.8) is 0 Å². The molecule has 1 aliphatic carbocycles. The van der Waals surface area contributed by atoms with Crippen LogP contribution in [0.5, 0.6) is 0 Å². The Morgan fingerprint density at radius 1 is 1.00 bits per heavy atom. The lowest BCUT2D eigenvalue weighted by molar-refractivity contribution is -0.119. The van der Waals surface area contributed by atoms with Gasteiger partial charge in [0.2, 0.25) is 5.91 Å². The summed E-state index contributed by atoms with van der Waals surface area (Å²) in [7, 11) is 0. The molecule has 29 heavy (non-hydrogen) atoms. The van der Waals surface area contributed by atoms with Crippen LogP contribution in [0.2, 0.25) is 0 Å². The maximum Gasteiger partial charge on any atom is 0.230 e. The van der Waals surface area contributed by atoms with Gasteiger partial charge < -0.3 is 5.32 Å². The van der Waals surface area contributed by atoms with Gasteiger partial charge in [-0.05, 0) is 50.9 Å². The van der Waals surface area contributed by atoms with Crippen LogP contribution in [0.4, 0.5) is 0 Å². The van der Waals surface area contributed by atoms with Crippen LogP contribution in [0.15, 0.2) is 35.5 Å². The number of carbonyl (C=O) groups excluding carboxylic acids is 1. The molecule has 0 bridgehead atoms. The number of amides is 1. The quantitative estimate of drug-likeness (QED) is 0.700. The maximum atomic E-state index is 12.5. The minimum Gasteiger partial charge on any atom is -0.353 e. The van der Waals surface area contributed by atoms with E-state index >= 15 is 0 Å². The fourth-order valence-corrected chi connectivity index (χ4v) is 5.08. The highest BCUT2D eigenvalue weighted by atomic mass is 32.2. The number of piperidine rings is 1. The van der Waals surface area contributed by atoms with Crippen molar-refractivity contribution in [2.45, 2.75) is 69.1 Å². The van der Waals surface area contributed by atoms with Gasteiger partial charge >= 0.3 is 0 Å². The second-order valence-electron chi connectivity index (χ2n) is 8.10. The number of nitrogens with zero attached hydrogens (tertiary/aromatic N) is 4. The molecule has 1 saturated heterocycles. The predicted octanol–water partition coefficient (Wildman–Crippen LogP) is 3.79. The van der Waals surface area contributed by atoms with Gasteiger partial charge in [-0.25, -0.2) is 0 Å². The number of likely N-dealkylation sites (tertiary alicyclic amines) is 1. The number of nitrogens with one attached hydrogen (secondary N) is 1. The van der Waals surface area contributed by atoms with Crippen molar-refractivity contribution in [1.82, 2.24) is 25.0 Å². The molecule has 2 aliphatic rings. The largest absolute Gasteiger partial charge is 0.353 e. The Bertz CT molecular complexity index is 782. The Kier molecular flexibility index (Phi) is 7.22. The van der Waals surface area contributed by atoms with E-state index in [-0.39, 0.29) is 5.91 Å². The van der Waals surface area contributed by atoms with Gasteiger partial charge in [0.05, 0.1) is 12.3 Å². The van der Waals surface area contributed by atoms with E-state index in [1.807, 2.05) is 18.2 Å². The van der Waals surface area contributed by atoms with E-state index in [4.69, 9.17) is 0 Å². The number of rotatable bonds is 7. The highest BCUT2D eigenvalue weighted by Crippen LogP contribution is 2.24. The highest BCUT2D eigenvalue weighted by molar-refractivity contribution is 7.99. The van der Waals surface area contributed by atoms with Gasteiger partial charge in [0.25, 0.3) is 0 Å². The van der Waals surface area contributed by atoms with Crippen LogP contribution in [0, 0.1) is 0 Å². The normalized spacial score (nSPS) is 18.6. The van der Waals surface area contributed by atoms with Crippen LogP contribution in [-0.4, -0.2) is 50.5 Å². The molecule has 1 aliphatic heterocycles. The van der Waals surface area contributed by atoms with Crippen LogP contribution in [0.1, 0.15) is 57.2 Å². The van der Waals surface area contributed by atoms with E-state index < -0.39 is 0 Å². The van der Waals surface area contributed by atoms with Gasteiger partial charge in [-0.2, -0.15) is 0 Å². The molecule has 4 rings (SSSR count). The summed E-state index contributed by atoms with van der Waals surface area (Å²) in [6.07, 6.45) is 9.78. The first-order valence-corrected chi connectivity index (χ1v) is 11.9. The van der Waals surface area contributed by atoms with Crippen LogP contribution < -0.4 is 5.32 Å². The van der Waals surface area contributed by atoms with E-state index in [2.05, 4.69) is 37.1 Å². The minimum atomic E-state index is 0.0992. The predicted molar refractivity (Wildman–Crippen MR) is 116 cm³/mol. The average Bonchev–Trinajstić information content (AvgIpc) is 3.17. The van der Waals surface area contributed by atoms with Gasteiger partial charge in [-0.15, -0.1) is 10.2 Å². The number of aromatic nitrogens is 3. The highest BCUT2D eigenvalue weighted by Gasteiger charge is 2.20. The van der Waals surface area contributed by atoms with Gasteiger partial charge in [0.1, 0.15) is 0 Å². The second kappa shape index (κ2) is 10.3. The van der Waals surface area contributed by atoms with Crippen molar-refractivity contribution < 1.29 is 4.79 Å². The molecule has 2 aromatic rings. The van der Waals surface area contributed by atoms with Crippen LogP contribution in [0.3, 0.4) is 0 Å². The second-order valence-corrected chi connectivity index (χ2v) is 9.04. The van der Waals surface area contributed by atoms with Crippen LogP contribution in [0.25, 0.3) is 5.69 Å². The number of hydrogen-bond acceptors (Lipinski definition) is 5. The number of para-hydroxylation sites is 1. The molecular formula is C22H31N5OS. The summed E-state index contributed by atoms with van der Waals surface area (Å²) < 4.78 is 2.12. The first kappa shape index (κ1) is 20.4. The summed E-state index contributed by atoms with van der Waals surface area (Å²) in [6.45, 7) is 3.04. The molecule has 1 aromatic heterocycles. The molecule has 0 spiro atoms. The fourth-order valence-electron chi connectivity index (χ4n) is 4.30. The van der Waals surface area contributed by atoms with Crippen molar-refractivity contribution in [2.24, 2.45) is 0 Å². The molecule has 156 valence electrons. The lowest BCUT2D eigenvalue weighted by atomic mass is 9.95. The lowest BCUT2D eigenvalue weighted by Crippen LogP contribution is -2.37. The first-order valence-electron chi connectivity index (χ1n) is 10.9. The molecule has 6 nitrogen and oxygen atoms in total. The molecule has 2 fully saturated rings. The van der Waals surface area contributed by atoms with E-state index in [0.717, 1.165) is 49.1 Å². The molecule has 2 heterocycles. The molecule has 0 atom stereocenters. The molecule has 1 N–H and O–H groups in total. The van der Waals surface area contributed by atoms with Crippen LogP contribution in [-0.2, 0) is 11.3 Å². The van der Waals surface area contributed by atoms with Gasteiger partial charge in [-0.3, -0.25) is 14.3 Å². The van der Waals surface area contributed by atoms with Crippen molar-refractivity contribution >= 4 is 17.7 Å². The standard InChI is InChI=1S/C22H31N5OS/c28-21(23-18-10-4-1-5-11-18)17-29-22-25-24-20(16-26-14-8-3-9-15-26)27(22)19-12-6-2-7-13-19/h2,6-7,12-13,18H,1,3-5,8-11,14-17H2,(H,23,28). The zero-order valence-electron chi connectivity index (χ0n) is 17.1. The molecular weight excluding hydrogens is 382 g/mol. The minimum absolute atomic E-state index is 0.0992. The molecule has 0 radical (unpaired) electrons. The number of thioether (sulfide) groups is 1. The zero-order chi connectivity index (χ0) is 19.9. The Hall–Kier alpha value is -1.86. The SMILES string of the molecule is O=C(CSc1nnc(CN2CCCCC2)n1-c1ccccc1)NC1CCCCC1. The van der Waals surface area contributed by atoms with Crippen LogP contribution >= 0.6 is 11.8 Å². The third-order valence-corrected chi connectivity index (χ3v) is 6.76. The van der Waals surface area contributed by atoms with Gasteiger partial charge in [-0.1, -0.05) is 55.6 Å². The lowest BCUT2D eigenvalue weighted by Gasteiger charge is -2.26. The number of carbonyl (C=O) groups is 1. The smallest absolute Gasteiger partial charge is 0.230 e. The zero-order valence-corrected chi connectivity index (χ0v) is 17.9. The Morgan fingerprint density at radius 2 is 1.72 bits per heavy atom. The summed E-state index contributed by atoms with van der Waals surface area (Å²) in [6, 6.07) is 10.6. The molecule has 7 heteroatoms. The molecule has 0 unspecified atom stereocenters. The number of benzene rings is 1. The summed E-state index contributed by atoms with van der Waals surface area (Å²) in [5.41, 5.74) is 1.06.